The van der Waals surface area contributed by atoms with Gasteiger partial charge in [0, 0.05) is 29.5 Å². The first-order valence-corrected chi connectivity index (χ1v) is 9.45. The highest BCUT2D eigenvalue weighted by Crippen LogP contribution is 2.23. The van der Waals surface area contributed by atoms with Gasteiger partial charge in [0.05, 0.1) is 10.6 Å². The van der Waals surface area contributed by atoms with Crippen LogP contribution in [0.25, 0.3) is 22.6 Å². The van der Waals surface area contributed by atoms with Gasteiger partial charge in [-0.05, 0) is 55.0 Å². The van der Waals surface area contributed by atoms with Gasteiger partial charge in [0.15, 0.2) is 5.82 Å². The highest BCUT2D eigenvalue weighted by Gasteiger charge is 2.07. The van der Waals surface area contributed by atoms with Crippen molar-refractivity contribution in [1.29, 1.82) is 0 Å². The van der Waals surface area contributed by atoms with Crippen LogP contribution in [0.1, 0.15) is 11.1 Å². The molecule has 6 nitrogen and oxygen atoms in total. The summed E-state index contributed by atoms with van der Waals surface area (Å²) in [6, 6.07) is 24.0. The van der Waals surface area contributed by atoms with Crippen LogP contribution in [0.15, 0.2) is 85.1 Å². The summed E-state index contributed by atoms with van der Waals surface area (Å²) in [7, 11) is 0. The largest absolute Gasteiger partial charge is 0.489 e. The summed E-state index contributed by atoms with van der Waals surface area (Å²) in [6.45, 7) is 2.39. The number of nitro groups is 1. The molecule has 0 bridgehead atoms. The second-order valence-corrected chi connectivity index (χ2v) is 6.87. The lowest BCUT2D eigenvalue weighted by molar-refractivity contribution is -0.384. The van der Waals surface area contributed by atoms with Gasteiger partial charge in [0.1, 0.15) is 12.4 Å². The minimum atomic E-state index is -0.417. The molecule has 0 unspecified atom stereocenters. The molecule has 1 heterocycles. The van der Waals surface area contributed by atoms with E-state index >= 15 is 0 Å². The summed E-state index contributed by atoms with van der Waals surface area (Å²) in [5, 5.41) is 10.7. The van der Waals surface area contributed by atoms with E-state index in [1.54, 1.807) is 18.3 Å². The number of non-ortho nitro benzene ring substituents is 1. The van der Waals surface area contributed by atoms with E-state index in [-0.39, 0.29) is 5.69 Å². The molecule has 0 aliphatic rings. The number of aromatic nitrogens is 2. The number of hydrogen-bond acceptors (Lipinski definition) is 5. The number of nitro benzene ring substituents is 1. The summed E-state index contributed by atoms with van der Waals surface area (Å²) >= 11 is 0. The number of ether oxygens (including phenoxy) is 1. The van der Waals surface area contributed by atoms with Crippen molar-refractivity contribution in [2.24, 2.45) is 0 Å². The molecule has 0 fully saturated rings. The second-order valence-electron chi connectivity index (χ2n) is 6.87. The minimum Gasteiger partial charge on any atom is -0.489 e. The molecule has 0 atom stereocenters. The second kappa shape index (κ2) is 8.53. The van der Waals surface area contributed by atoms with Crippen LogP contribution < -0.4 is 4.74 Å². The summed E-state index contributed by atoms with van der Waals surface area (Å²) in [5.74, 6) is 1.35. The number of nitrogens with zero attached hydrogens (tertiary/aromatic N) is 3. The zero-order valence-corrected chi connectivity index (χ0v) is 16.4. The number of benzene rings is 3. The van der Waals surface area contributed by atoms with Crippen LogP contribution in [0.3, 0.4) is 0 Å². The molecule has 148 valence electrons. The molecule has 3 aromatic carbocycles. The van der Waals surface area contributed by atoms with Crippen LogP contribution >= 0.6 is 0 Å². The Hall–Kier alpha value is -4.06. The Kier molecular flexibility index (Phi) is 5.48. The van der Waals surface area contributed by atoms with Crippen molar-refractivity contribution < 1.29 is 9.66 Å². The molecule has 4 aromatic rings. The van der Waals surface area contributed by atoms with Gasteiger partial charge in [-0.3, -0.25) is 10.1 Å². The third kappa shape index (κ3) is 4.50. The molecule has 0 spiro atoms. The molecule has 30 heavy (non-hydrogen) atoms. The van der Waals surface area contributed by atoms with Gasteiger partial charge in [-0.25, -0.2) is 9.97 Å². The van der Waals surface area contributed by atoms with Crippen LogP contribution in [0.5, 0.6) is 5.75 Å². The van der Waals surface area contributed by atoms with Crippen molar-refractivity contribution in [3.8, 4) is 28.4 Å². The lowest BCUT2D eigenvalue weighted by Gasteiger charge is -2.08. The van der Waals surface area contributed by atoms with Crippen LogP contribution in [0, 0.1) is 17.0 Å². The topological polar surface area (TPSA) is 78.2 Å². The zero-order chi connectivity index (χ0) is 20.9. The van der Waals surface area contributed by atoms with E-state index in [2.05, 4.69) is 41.2 Å². The fourth-order valence-corrected chi connectivity index (χ4v) is 2.96. The number of aryl methyl sites for hydroxylation is 1. The molecule has 1 aromatic heterocycles. The average molecular weight is 397 g/mol. The SMILES string of the molecule is Cc1ccc(-c2ccnc(-c3ccc(OCc4ccc([N+](=O)[O-])cc4)cc3)n2)cc1. The van der Waals surface area contributed by atoms with Gasteiger partial charge in [-0.2, -0.15) is 0 Å². The first-order valence-electron chi connectivity index (χ1n) is 9.45. The Bertz CT molecular complexity index is 1160. The minimum absolute atomic E-state index is 0.0657. The van der Waals surface area contributed by atoms with Crippen molar-refractivity contribution in [2.75, 3.05) is 0 Å². The molecule has 0 amide bonds. The Morgan fingerprint density at radius 2 is 1.53 bits per heavy atom. The highest BCUT2D eigenvalue weighted by molar-refractivity contribution is 5.64. The molecule has 0 aliphatic carbocycles. The van der Waals surface area contributed by atoms with Gasteiger partial charge >= 0.3 is 0 Å². The van der Waals surface area contributed by atoms with E-state index < -0.39 is 4.92 Å². The van der Waals surface area contributed by atoms with Gasteiger partial charge in [0.25, 0.3) is 5.69 Å². The van der Waals surface area contributed by atoms with E-state index in [1.807, 2.05) is 30.3 Å². The van der Waals surface area contributed by atoms with Crippen LogP contribution in [-0.2, 0) is 6.61 Å². The molecule has 0 saturated heterocycles. The van der Waals surface area contributed by atoms with Gasteiger partial charge in [0.2, 0.25) is 0 Å². The molecule has 0 radical (unpaired) electrons. The average Bonchev–Trinajstić information content (AvgIpc) is 2.79. The van der Waals surface area contributed by atoms with Crippen molar-refractivity contribution in [1.82, 2.24) is 9.97 Å². The Labute approximate surface area is 174 Å². The summed E-state index contributed by atoms with van der Waals surface area (Å²) in [5.41, 5.74) is 4.95. The summed E-state index contributed by atoms with van der Waals surface area (Å²) in [6.07, 6.45) is 1.76. The monoisotopic (exact) mass is 397 g/mol. The molecule has 6 heteroatoms. The first kappa shape index (κ1) is 19.3. The maximum absolute atomic E-state index is 10.7. The van der Waals surface area contributed by atoms with Crippen LogP contribution in [0.2, 0.25) is 0 Å². The summed E-state index contributed by atoms with van der Waals surface area (Å²) in [4.78, 5) is 19.4. The molecule has 0 N–H and O–H groups in total. The van der Waals surface area contributed by atoms with Crippen LogP contribution in [0.4, 0.5) is 5.69 Å². The predicted molar refractivity (Wildman–Crippen MR) is 115 cm³/mol. The van der Waals surface area contributed by atoms with Crippen molar-refractivity contribution in [3.63, 3.8) is 0 Å². The van der Waals surface area contributed by atoms with Gasteiger partial charge in [-0.15, -0.1) is 0 Å². The molecule has 4 rings (SSSR count). The predicted octanol–water partition coefficient (Wildman–Crippen LogP) is 5.61. The van der Waals surface area contributed by atoms with Crippen molar-refractivity contribution >= 4 is 5.69 Å². The Morgan fingerprint density at radius 1 is 0.867 bits per heavy atom. The third-order valence-corrected chi connectivity index (χ3v) is 4.67. The fraction of sp³-hybridized carbons (Fsp3) is 0.0833. The smallest absolute Gasteiger partial charge is 0.269 e. The van der Waals surface area contributed by atoms with E-state index in [1.165, 1.54) is 17.7 Å². The maximum Gasteiger partial charge on any atom is 0.269 e. The molecule has 0 aliphatic heterocycles. The number of hydrogen-bond donors (Lipinski definition) is 0. The Morgan fingerprint density at radius 3 is 2.20 bits per heavy atom. The first-order chi connectivity index (χ1) is 14.6. The lowest BCUT2D eigenvalue weighted by atomic mass is 10.1. The lowest BCUT2D eigenvalue weighted by Crippen LogP contribution is -1.96. The van der Waals surface area contributed by atoms with Crippen LogP contribution in [-0.4, -0.2) is 14.9 Å². The van der Waals surface area contributed by atoms with E-state index in [0.717, 1.165) is 22.4 Å². The van der Waals surface area contributed by atoms with Gasteiger partial charge < -0.3 is 4.74 Å². The summed E-state index contributed by atoms with van der Waals surface area (Å²) < 4.78 is 5.78. The van der Waals surface area contributed by atoms with Crippen molar-refractivity contribution in [3.05, 3.63) is 106 Å². The number of rotatable bonds is 6. The standard InChI is InChI=1S/C24H19N3O3/c1-17-2-6-19(7-3-17)23-14-15-25-24(26-23)20-8-12-22(13-9-20)30-16-18-4-10-21(11-5-18)27(28)29/h2-15H,16H2,1H3. The molecule has 0 saturated carbocycles. The molecular formula is C24H19N3O3. The van der Waals surface area contributed by atoms with E-state index in [4.69, 9.17) is 4.74 Å². The maximum atomic E-state index is 10.7. The van der Waals surface area contributed by atoms with Crippen molar-refractivity contribution in [2.45, 2.75) is 13.5 Å². The normalized spacial score (nSPS) is 10.6. The zero-order valence-electron chi connectivity index (χ0n) is 16.4. The molecular weight excluding hydrogens is 378 g/mol. The Balaban J connectivity index is 1.45. The third-order valence-electron chi connectivity index (χ3n) is 4.67. The van der Waals surface area contributed by atoms with E-state index in [0.29, 0.717) is 18.2 Å². The quantitative estimate of drug-likeness (QED) is 0.312. The van der Waals surface area contributed by atoms with Gasteiger partial charge in [-0.1, -0.05) is 29.8 Å². The highest BCUT2D eigenvalue weighted by atomic mass is 16.6. The fourth-order valence-electron chi connectivity index (χ4n) is 2.96. The van der Waals surface area contributed by atoms with E-state index in [9.17, 15) is 10.1 Å².